The lowest BCUT2D eigenvalue weighted by atomic mass is 10.2. The number of hydrogen-bond acceptors (Lipinski definition) is 2. The van der Waals surface area contributed by atoms with Crippen LogP contribution in [0, 0.1) is 5.82 Å². The van der Waals surface area contributed by atoms with Crippen LogP contribution in [0.2, 0.25) is 0 Å². The molecule has 0 spiro atoms. The minimum Gasteiger partial charge on any atom is -0.378 e. The standard InChI is InChI=1S/C11H12FNOS/c12-10-3-1-9(2-4-10)11(15)13-5-7-14-8-6-13/h1-4H,5-8H2. The maximum Gasteiger partial charge on any atom is 0.123 e. The summed E-state index contributed by atoms with van der Waals surface area (Å²) >= 11 is 5.33. The first kappa shape index (κ1) is 10.5. The Labute approximate surface area is 93.6 Å². The Bertz CT molecular complexity index is 346. The largest absolute Gasteiger partial charge is 0.378 e. The van der Waals surface area contributed by atoms with Gasteiger partial charge in [0.25, 0.3) is 0 Å². The molecule has 0 radical (unpaired) electrons. The lowest BCUT2D eigenvalue weighted by molar-refractivity contribution is 0.0693. The molecule has 1 aromatic rings. The second-order valence-corrected chi connectivity index (χ2v) is 3.80. The highest BCUT2D eigenvalue weighted by molar-refractivity contribution is 7.80. The highest BCUT2D eigenvalue weighted by Crippen LogP contribution is 2.09. The molecule has 4 heteroatoms. The van der Waals surface area contributed by atoms with E-state index >= 15 is 0 Å². The number of morpholine rings is 1. The van der Waals surface area contributed by atoms with Gasteiger partial charge in [-0.2, -0.15) is 0 Å². The smallest absolute Gasteiger partial charge is 0.123 e. The summed E-state index contributed by atoms with van der Waals surface area (Å²) in [6.07, 6.45) is 0. The van der Waals surface area contributed by atoms with Crippen molar-refractivity contribution < 1.29 is 9.13 Å². The summed E-state index contributed by atoms with van der Waals surface area (Å²) in [4.78, 5) is 2.87. The van der Waals surface area contributed by atoms with Crippen LogP contribution < -0.4 is 0 Å². The van der Waals surface area contributed by atoms with Gasteiger partial charge in [-0.15, -0.1) is 0 Å². The lowest BCUT2D eigenvalue weighted by Crippen LogP contribution is -2.40. The molecule has 1 heterocycles. The lowest BCUT2D eigenvalue weighted by Gasteiger charge is -2.29. The van der Waals surface area contributed by atoms with E-state index in [9.17, 15) is 4.39 Å². The number of benzene rings is 1. The molecule has 2 nitrogen and oxygen atoms in total. The number of hydrogen-bond donors (Lipinski definition) is 0. The summed E-state index contributed by atoms with van der Waals surface area (Å²) in [7, 11) is 0. The third kappa shape index (κ3) is 2.52. The van der Waals surface area contributed by atoms with E-state index < -0.39 is 0 Å². The Morgan fingerprint density at radius 2 is 1.80 bits per heavy atom. The van der Waals surface area contributed by atoms with Gasteiger partial charge in [0.15, 0.2) is 0 Å². The van der Waals surface area contributed by atoms with Gasteiger partial charge in [0.2, 0.25) is 0 Å². The molecule has 0 N–H and O–H groups in total. The van der Waals surface area contributed by atoms with Gasteiger partial charge < -0.3 is 9.64 Å². The summed E-state index contributed by atoms with van der Waals surface area (Å²) in [6.45, 7) is 3.05. The van der Waals surface area contributed by atoms with E-state index in [-0.39, 0.29) is 5.82 Å². The van der Waals surface area contributed by atoms with E-state index in [2.05, 4.69) is 4.90 Å². The number of rotatable bonds is 1. The molecule has 0 unspecified atom stereocenters. The monoisotopic (exact) mass is 225 g/mol. The Morgan fingerprint density at radius 3 is 2.40 bits per heavy atom. The number of ether oxygens (including phenoxy) is 1. The van der Waals surface area contributed by atoms with Crippen molar-refractivity contribution in [2.75, 3.05) is 26.3 Å². The Kier molecular flexibility index (Phi) is 3.28. The van der Waals surface area contributed by atoms with Crippen molar-refractivity contribution in [1.29, 1.82) is 0 Å². The van der Waals surface area contributed by atoms with Gasteiger partial charge in [-0.05, 0) is 24.3 Å². The van der Waals surface area contributed by atoms with Crippen LogP contribution in [0.5, 0.6) is 0 Å². The molecule has 0 amide bonds. The third-order valence-corrected chi connectivity index (χ3v) is 2.88. The molecule has 0 aliphatic carbocycles. The van der Waals surface area contributed by atoms with Gasteiger partial charge in [0, 0.05) is 18.7 Å². The van der Waals surface area contributed by atoms with Crippen LogP contribution in [0.4, 0.5) is 4.39 Å². The zero-order valence-corrected chi connectivity index (χ0v) is 9.10. The predicted molar refractivity (Wildman–Crippen MR) is 60.5 cm³/mol. The normalized spacial score (nSPS) is 16.5. The number of thiocarbonyl (C=S) groups is 1. The Hall–Kier alpha value is -1.00. The second-order valence-electron chi connectivity index (χ2n) is 3.41. The average molecular weight is 225 g/mol. The van der Waals surface area contributed by atoms with Gasteiger partial charge in [-0.1, -0.05) is 12.2 Å². The molecule has 0 bridgehead atoms. The first-order valence-corrected chi connectivity index (χ1v) is 5.31. The van der Waals surface area contributed by atoms with Gasteiger partial charge in [0.05, 0.1) is 13.2 Å². The highest BCUT2D eigenvalue weighted by atomic mass is 32.1. The van der Waals surface area contributed by atoms with Crippen molar-refractivity contribution >= 4 is 17.2 Å². The van der Waals surface area contributed by atoms with Crippen LogP contribution in [0.15, 0.2) is 24.3 Å². The molecule has 1 aromatic carbocycles. The minimum absolute atomic E-state index is 0.233. The quantitative estimate of drug-likeness (QED) is 0.677. The SMILES string of the molecule is Fc1ccc(C(=S)N2CCOCC2)cc1. The van der Waals surface area contributed by atoms with Gasteiger partial charge in [0.1, 0.15) is 10.8 Å². The molecule has 80 valence electrons. The van der Waals surface area contributed by atoms with Crippen LogP contribution in [-0.4, -0.2) is 36.2 Å². The van der Waals surface area contributed by atoms with Crippen molar-refractivity contribution in [2.45, 2.75) is 0 Å². The van der Waals surface area contributed by atoms with E-state index in [0.717, 1.165) is 23.6 Å². The van der Waals surface area contributed by atoms with Crippen LogP contribution in [-0.2, 0) is 4.74 Å². The fraction of sp³-hybridized carbons (Fsp3) is 0.364. The maximum absolute atomic E-state index is 12.7. The van der Waals surface area contributed by atoms with E-state index in [1.165, 1.54) is 12.1 Å². The van der Waals surface area contributed by atoms with Crippen molar-refractivity contribution in [2.24, 2.45) is 0 Å². The van der Waals surface area contributed by atoms with Crippen molar-refractivity contribution in [1.82, 2.24) is 4.90 Å². The van der Waals surface area contributed by atoms with Crippen molar-refractivity contribution in [3.63, 3.8) is 0 Å². The minimum atomic E-state index is -0.233. The summed E-state index contributed by atoms with van der Waals surface area (Å²) in [6, 6.07) is 6.30. The van der Waals surface area contributed by atoms with E-state index in [1.54, 1.807) is 12.1 Å². The van der Waals surface area contributed by atoms with Crippen LogP contribution >= 0.6 is 12.2 Å². The number of halogens is 1. The molecule has 1 fully saturated rings. The first-order valence-electron chi connectivity index (χ1n) is 4.90. The molecule has 2 rings (SSSR count). The van der Waals surface area contributed by atoms with Crippen LogP contribution in [0.1, 0.15) is 5.56 Å². The molecule has 1 saturated heterocycles. The fourth-order valence-corrected chi connectivity index (χ4v) is 1.86. The molecule has 0 atom stereocenters. The topological polar surface area (TPSA) is 12.5 Å². The molecule has 1 aliphatic heterocycles. The van der Waals surface area contributed by atoms with Crippen LogP contribution in [0.25, 0.3) is 0 Å². The summed E-state index contributed by atoms with van der Waals surface area (Å²) in [5, 5.41) is 0. The second kappa shape index (κ2) is 4.68. The maximum atomic E-state index is 12.7. The van der Waals surface area contributed by atoms with E-state index in [0.29, 0.717) is 13.2 Å². The van der Waals surface area contributed by atoms with Crippen molar-refractivity contribution in [3.05, 3.63) is 35.6 Å². The third-order valence-electron chi connectivity index (χ3n) is 2.39. The van der Waals surface area contributed by atoms with Gasteiger partial charge >= 0.3 is 0 Å². The first-order chi connectivity index (χ1) is 7.27. The summed E-state index contributed by atoms with van der Waals surface area (Å²) in [5.74, 6) is -0.233. The predicted octanol–water partition coefficient (Wildman–Crippen LogP) is 1.83. The highest BCUT2D eigenvalue weighted by Gasteiger charge is 2.14. The Balaban J connectivity index is 2.09. The van der Waals surface area contributed by atoms with Crippen LogP contribution in [0.3, 0.4) is 0 Å². The number of nitrogens with zero attached hydrogens (tertiary/aromatic N) is 1. The average Bonchev–Trinajstić information content (AvgIpc) is 2.30. The molecular weight excluding hydrogens is 213 g/mol. The molecule has 1 aliphatic rings. The zero-order valence-electron chi connectivity index (χ0n) is 8.28. The zero-order chi connectivity index (χ0) is 10.7. The van der Waals surface area contributed by atoms with E-state index in [1.807, 2.05) is 0 Å². The molecule has 0 saturated carbocycles. The van der Waals surface area contributed by atoms with Crippen molar-refractivity contribution in [3.8, 4) is 0 Å². The molecule has 0 aromatic heterocycles. The fourth-order valence-electron chi connectivity index (χ4n) is 1.54. The summed E-state index contributed by atoms with van der Waals surface area (Å²) < 4.78 is 18.0. The van der Waals surface area contributed by atoms with E-state index in [4.69, 9.17) is 17.0 Å². The van der Waals surface area contributed by atoms with Gasteiger partial charge in [-0.25, -0.2) is 4.39 Å². The summed E-state index contributed by atoms with van der Waals surface area (Å²) in [5.41, 5.74) is 0.897. The Morgan fingerprint density at radius 1 is 1.20 bits per heavy atom. The van der Waals surface area contributed by atoms with Gasteiger partial charge in [-0.3, -0.25) is 0 Å². The molecular formula is C11H12FNOS. The molecule has 15 heavy (non-hydrogen) atoms.